The maximum Gasteiger partial charge on any atom is 0.223 e. The third kappa shape index (κ3) is 4.28. The number of hydrogen-bond donors (Lipinski definition) is 1. The van der Waals surface area contributed by atoms with Crippen molar-refractivity contribution in [2.75, 3.05) is 40.0 Å². The van der Waals surface area contributed by atoms with Crippen LogP contribution in [0.5, 0.6) is 5.75 Å². The number of hydrogen-bond acceptors (Lipinski definition) is 4. The lowest BCUT2D eigenvalue weighted by atomic mass is 10.0. The van der Waals surface area contributed by atoms with Crippen molar-refractivity contribution in [1.82, 2.24) is 10.2 Å². The van der Waals surface area contributed by atoms with Crippen LogP contribution in [0.15, 0.2) is 24.3 Å². The van der Waals surface area contributed by atoms with E-state index in [4.69, 9.17) is 9.47 Å². The molecule has 5 heteroatoms. The number of nitrogens with one attached hydrogen (secondary N) is 1. The molecule has 0 radical (unpaired) electrons. The van der Waals surface area contributed by atoms with Gasteiger partial charge in [-0.15, -0.1) is 0 Å². The second-order valence-corrected chi connectivity index (χ2v) is 6.66. The Hall–Kier alpha value is -1.59. The monoisotopic (exact) mass is 332 g/mol. The van der Waals surface area contributed by atoms with Crippen molar-refractivity contribution in [1.29, 1.82) is 0 Å². The van der Waals surface area contributed by atoms with Crippen molar-refractivity contribution in [2.45, 2.75) is 31.7 Å². The lowest BCUT2D eigenvalue weighted by Crippen LogP contribution is -2.44. The van der Waals surface area contributed by atoms with E-state index in [0.29, 0.717) is 6.54 Å². The second-order valence-electron chi connectivity index (χ2n) is 6.66. The summed E-state index contributed by atoms with van der Waals surface area (Å²) in [6, 6.07) is 8.36. The molecule has 0 aromatic heterocycles. The van der Waals surface area contributed by atoms with Crippen LogP contribution < -0.4 is 10.1 Å². The molecule has 2 fully saturated rings. The summed E-state index contributed by atoms with van der Waals surface area (Å²) in [7, 11) is 1.68. The third-order valence-electron chi connectivity index (χ3n) is 5.18. The van der Waals surface area contributed by atoms with Gasteiger partial charge in [0.2, 0.25) is 5.91 Å². The van der Waals surface area contributed by atoms with Crippen LogP contribution in [0.3, 0.4) is 0 Å². The van der Waals surface area contributed by atoms with Crippen molar-refractivity contribution in [3.05, 3.63) is 29.8 Å². The van der Waals surface area contributed by atoms with Crippen LogP contribution in [-0.4, -0.2) is 50.8 Å². The number of amides is 1. The minimum absolute atomic E-state index is 0.185. The van der Waals surface area contributed by atoms with Gasteiger partial charge in [-0.1, -0.05) is 25.0 Å². The van der Waals surface area contributed by atoms with Crippen molar-refractivity contribution in [3.63, 3.8) is 0 Å². The molecular weight excluding hydrogens is 304 g/mol. The number of morpholine rings is 1. The number of methoxy groups -OCH3 is 1. The molecule has 1 aromatic rings. The largest absolute Gasteiger partial charge is 0.497 e. The van der Waals surface area contributed by atoms with Crippen molar-refractivity contribution in [2.24, 2.45) is 5.92 Å². The van der Waals surface area contributed by atoms with Gasteiger partial charge in [0.25, 0.3) is 0 Å². The zero-order valence-corrected chi connectivity index (χ0v) is 14.5. The van der Waals surface area contributed by atoms with Gasteiger partial charge in [-0.05, 0) is 30.5 Å². The van der Waals surface area contributed by atoms with Crippen molar-refractivity contribution < 1.29 is 14.3 Å². The van der Waals surface area contributed by atoms with Crippen LogP contribution >= 0.6 is 0 Å². The molecule has 1 N–H and O–H groups in total. The van der Waals surface area contributed by atoms with Crippen molar-refractivity contribution in [3.8, 4) is 5.75 Å². The number of rotatable bonds is 6. The predicted molar refractivity (Wildman–Crippen MR) is 93.1 cm³/mol. The van der Waals surface area contributed by atoms with E-state index in [9.17, 15) is 4.79 Å². The number of ether oxygens (including phenoxy) is 2. The first-order valence-corrected chi connectivity index (χ1v) is 9.01. The summed E-state index contributed by atoms with van der Waals surface area (Å²) in [6.07, 6.45) is 4.44. The van der Waals surface area contributed by atoms with Gasteiger partial charge in [0.1, 0.15) is 5.75 Å². The van der Waals surface area contributed by atoms with Crippen LogP contribution in [0.25, 0.3) is 0 Å². The topological polar surface area (TPSA) is 50.8 Å². The average Bonchev–Trinajstić information content (AvgIpc) is 3.18. The highest BCUT2D eigenvalue weighted by Crippen LogP contribution is 2.26. The molecule has 24 heavy (non-hydrogen) atoms. The Morgan fingerprint density at radius 1 is 1.25 bits per heavy atom. The molecule has 3 rings (SSSR count). The van der Waals surface area contributed by atoms with Crippen LogP contribution in [0.4, 0.5) is 0 Å². The van der Waals surface area contributed by atoms with Crippen LogP contribution in [0, 0.1) is 5.92 Å². The van der Waals surface area contributed by atoms with Crippen LogP contribution in [0.1, 0.15) is 37.3 Å². The van der Waals surface area contributed by atoms with Gasteiger partial charge < -0.3 is 14.8 Å². The predicted octanol–water partition coefficient (Wildman–Crippen LogP) is 2.37. The molecule has 1 aliphatic heterocycles. The molecule has 2 aliphatic rings. The number of carbonyl (C=O) groups excluding carboxylic acids is 1. The molecule has 1 atom stereocenters. The normalized spacial score (nSPS) is 20.7. The Morgan fingerprint density at radius 2 is 1.92 bits per heavy atom. The smallest absolute Gasteiger partial charge is 0.223 e. The van der Waals surface area contributed by atoms with Gasteiger partial charge in [-0.3, -0.25) is 9.69 Å². The quantitative estimate of drug-likeness (QED) is 0.869. The van der Waals surface area contributed by atoms with E-state index in [-0.39, 0.29) is 17.9 Å². The van der Waals surface area contributed by atoms with E-state index < -0.39 is 0 Å². The van der Waals surface area contributed by atoms with Crippen molar-refractivity contribution >= 4 is 5.91 Å². The summed E-state index contributed by atoms with van der Waals surface area (Å²) in [5.41, 5.74) is 1.21. The molecular formula is C19H28N2O3. The maximum atomic E-state index is 12.4. The molecule has 1 amide bonds. The number of carbonyl (C=O) groups is 1. The van der Waals surface area contributed by atoms with Gasteiger partial charge in [-0.2, -0.15) is 0 Å². The molecule has 0 bridgehead atoms. The zero-order chi connectivity index (χ0) is 16.8. The summed E-state index contributed by atoms with van der Waals surface area (Å²) >= 11 is 0. The first-order chi connectivity index (χ1) is 11.8. The van der Waals surface area contributed by atoms with Gasteiger partial charge in [0.05, 0.1) is 26.4 Å². The Bertz CT molecular complexity index is 520. The van der Waals surface area contributed by atoms with E-state index in [1.807, 2.05) is 12.1 Å². The summed E-state index contributed by atoms with van der Waals surface area (Å²) < 4.78 is 10.7. The summed E-state index contributed by atoms with van der Waals surface area (Å²) in [5.74, 6) is 1.29. The van der Waals surface area contributed by atoms with E-state index in [1.165, 1.54) is 18.4 Å². The van der Waals surface area contributed by atoms with Gasteiger partial charge >= 0.3 is 0 Å². The average molecular weight is 332 g/mol. The molecule has 1 unspecified atom stereocenters. The molecule has 1 aliphatic carbocycles. The maximum absolute atomic E-state index is 12.4. The molecule has 1 saturated heterocycles. The molecule has 0 spiro atoms. The van der Waals surface area contributed by atoms with E-state index in [2.05, 4.69) is 22.3 Å². The highest BCUT2D eigenvalue weighted by Gasteiger charge is 2.26. The summed E-state index contributed by atoms with van der Waals surface area (Å²) in [5, 5.41) is 3.20. The van der Waals surface area contributed by atoms with E-state index >= 15 is 0 Å². The highest BCUT2D eigenvalue weighted by atomic mass is 16.5. The minimum atomic E-state index is 0.185. The Balaban J connectivity index is 1.67. The lowest BCUT2D eigenvalue weighted by Gasteiger charge is -2.35. The number of benzene rings is 1. The molecule has 1 saturated carbocycles. The van der Waals surface area contributed by atoms with Crippen LogP contribution in [-0.2, 0) is 9.53 Å². The second kappa shape index (κ2) is 8.49. The van der Waals surface area contributed by atoms with Gasteiger partial charge in [-0.25, -0.2) is 0 Å². The standard InChI is InChI=1S/C19H28N2O3/c1-23-17-8-6-15(7-9-17)18(21-10-12-24-13-11-21)14-20-19(22)16-4-2-3-5-16/h6-9,16,18H,2-5,10-14H2,1H3,(H,20,22). The zero-order valence-electron chi connectivity index (χ0n) is 14.5. The molecule has 5 nitrogen and oxygen atoms in total. The molecule has 1 heterocycles. The molecule has 132 valence electrons. The summed E-state index contributed by atoms with van der Waals surface area (Å²) in [6.45, 7) is 3.96. The minimum Gasteiger partial charge on any atom is -0.497 e. The Morgan fingerprint density at radius 3 is 2.54 bits per heavy atom. The SMILES string of the molecule is COc1ccc(C(CNC(=O)C2CCCC2)N2CCOCC2)cc1. The Labute approximate surface area is 144 Å². The third-order valence-corrected chi connectivity index (χ3v) is 5.18. The molecule has 1 aromatic carbocycles. The van der Waals surface area contributed by atoms with Gasteiger partial charge in [0.15, 0.2) is 0 Å². The first-order valence-electron chi connectivity index (χ1n) is 9.01. The lowest BCUT2D eigenvalue weighted by molar-refractivity contribution is -0.125. The Kier molecular flexibility index (Phi) is 6.10. The van der Waals surface area contributed by atoms with Crippen LogP contribution in [0.2, 0.25) is 0 Å². The first kappa shape index (κ1) is 17.2. The van der Waals surface area contributed by atoms with Gasteiger partial charge in [0, 0.05) is 25.6 Å². The fourth-order valence-corrected chi connectivity index (χ4v) is 3.70. The fourth-order valence-electron chi connectivity index (χ4n) is 3.70. The fraction of sp³-hybridized carbons (Fsp3) is 0.632. The number of nitrogens with zero attached hydrogens (tertiary/aromatic N) is 1. The highest BCUT2D eigenvalue weighted by molar-refractivity contribution is 5.78. The van der Waals surface area contributed by atoms with E-state index in [0.717, 1.165) is 44.9 Å². The summed E-state index contributed by atoms with van der Waals surface area (Å²) in [4.78, 5) is 14.8. The van der Waals surface area contributed by atoms with E-state index in [1.54, 1.807) is 7.11 Å².